The lowest BCUT2D eigenvalue weighted by molar-refractivity contribution is -0.137. The first-order chi connectivity index (χ1) is 13.6. The minimum Gasteiger partial charge on any atom is -0.312 e. The van der Waals surface area contributed by atoms with E-state index in [-0.39, 0.29) is 22.2 Å². The van der Waals surface area contributed by atoms with E-state index < -0.39 is 40.8 Å². The summed E-state index contributed by atoms with van der Waals surface area (Å²) in [6.45, 7) is -0.319. The molecule has 0 aliphatic carbocycles. The summed E-state index contributed by atoms with van der Waals surface area (Å²) in [5.41, 5.74) is -3.72. The number of hydrogen-bond acceptors (Lipinski definition) is 3. The Morgan fingerprint density at radius 3 is 2.34 bits per heavy atom. The van der Waals surface area contributed by atoms with Crippen molar-refractivity contribution in [2.75, 3.05) is 4.90 Å². The van der Waals surface area contributed by atoms with Crippen molar-refractivity contribution in [2.45, 2.75) is 18.3 Å². The highest BCUT2D eigenvalue weighted by molar-refractivity contribution is 6.42. The zero-order chi connectivity index (χ0) is 21.1. The lowest BCUT2D eigenvalue weighted by Crippen LogP contribution is -2.52. The molecule has 1 fully saturated rings. The van der Waals surface area contributed by atoms with Crippen LogP contribution in [-0.4, -0.2) is 17.8 Å². The maximum atomic E-state index is 13.7. The van der Waals surface area contributed by atoms with Crippen molar-refractivity contribution in [1.29, 1.82) is 0 Å². The van der Waals surface area contributed by atoms with Crippen molar-refractivity contribution in [3.8, 4) is 0 Å². The number of nitrogens with one attached hydrogen (secondary N) is 2. The third-order valence-corrected chi connectivity index (χ3v) is 5.51. The fraction of sp³-hybridized carbons (Fsp3) is 0.167. The average molecular weight is 444 g/mol. The number of anilines is 1. The first kappa shape index (κ1) is 19.5. The van der Waals surface area contributed by atoms with E-state index in [2.05, 4.69) is 5.32 Å². The number of urea groups is 1. The van der Waals surface area contributed by atoms with Gasteiger partial charge in [-0.15, -0.1) is 0 Å². The van der Waals surface area contributed by atoms with Gasteiger partial charge in [-0.3, -0.25) is 14.9 Å². The second-order valence-corrected chi connectivity index (χ2v) is 7.31. The summed E-state index contributed by atoms with van der Waals surface area (Å²) < 4.78 is 41.1. The summed E-state index contributed by atoms with van der Waals surface area (Å²) in [6.07, 6.45) is -4.80. The largest absolute Gasteiger partial charge is 0.418 e. The molecule has 150 valence electrons. The van der Waals surface area contributed by atoms with Crippen molar-refractivity contribution in [2.24, 2.45) is 0 Å². The molecule has 29 heavy (non-hydrogen) atoms. The van der Waals surface area contributed by atoms with Crippen molar-refractivity contribution in [3.63, 3.8) is 0 Å². The number of imide groups is 1. The van der Waals surface area contributed by atoms with Crippen LogP contribution >= 0.6 is 23.2 Å². The number of halogens is 5. The smallest absolute Gasteiger partial charge is 0.312 e. The number of benzene rings is 2. The fourth-order valence-corrected chi connectivity index (χ4v) is 3.87. The van der Waals surface area contributed by atoms with E-state index >= 15 is 0 Å². The molecule has 0 aromatic heterocycles. The Labute approximate surface area is 171 Å². The van der Waals surface area contributed by atoms with E-state index in [9.17, 15) is 27.6 Å². The predicted octanol–water partition coefficient (Wildman–Crippen LogP) is 3.59. The third kappa shape index (κ3) is 2.84. The van der Waals surface area contributed by atoms with Crippen molar-refractivity contribution in [3.05, 3.63) is 63.1 Å². The molecule has 4 rings (SSSR count). The van der Waals surface area contributed by atoms with Gasteiger partial charge in [0.2, 0.25) is 5.54 Å². The normalized spacial score (nSPS) is 20.9. The average Bonchev–Trinajstić information content (AvgIpc) is 3.06. The van der Waals surface area contributed by atoms with Gasteiger partial charge in [0.05, 0.1) is 27.8 Å². The second-order valence-electron chi connectivity index (χ2n) is 6.50. The first-order valence-electron chi connectivity index (χ1n) is 8.16. The molecule has 0 radical (unpaired) electrons. The van der Waals surface area contributed by atoms with Gasteiger partial charge in [-0.2, -0.15) is 13.2 Å². The highest BCUT2D eigenvalue weighted by Crippen LogP contribution is 2.49. The maximum absolute atomic E-state index is 13.7. The molecule has 1 saturated heterocycles. The zero-order valence-electron chi connectivity index (χ0n) is 14.2. The molecule has 2 heterocycles. The van der Waals surface area contributed by atoms with Crippen LogP contribution in [0, 0.1) is 0 Å². The molecule has 1 unspecified atom stereocenters. The standard InChI is InChI=1S/C18H10Cl2F3N3O3/c19-11-5-4-8(6-12(11)20)7-26-13-9(2-1-3-10(13)18(21,22)23)17(15(26)28)14(27)24-16(29)25-17/h1-6H,7H2,(H2,24,25,27,29). The monoisotopic (exact) mass is 443 g/mol. The minimum atomic E-state index is -4.80. The van der Waals surface area contributed by atoms with Crippen LogP contribution in [0.2, 0.25) is 10.0 Å². The molecule has 2 aliphatic heterocycles. The van der Waals surface area contributed by atoms with E-state index in [1.807, 2.05) is 5.32 Å². The number of alkyl halides is 3. The SMILES string of the molecule is O=C1NC(=O)C2(N1)C(=O)N(Cc1ccc(Cl)c(Cl)c1)c1c(C(F)(F)F)cccc12. The van der Waals surface area contributed by atoms with Gasteiger partial charge >= 0.3 is 12.2 Å². The van der Waals surface area contributed by atoms with Crippen molar-refractivity contribution in [1.82, 2.24) is 10.6 Å². The molecule has 2 aromatic carbocycles. The quantitative estimate of drug-likeness (QED) is 0.549. The van der Waals surface area contributed by atoms with Gasteiger partial charge in [-0.25, -0.2) is 4.79 Å². The van der Waals surface area contributed by atoms with Gasteiger partial charge in [0.15, 0.2) is 0 Å². The van der Waals surface area contributed by atoms with E-state index in [1.165, 1.54) is 24.3 Å². The van der Waals surface area contributed by atoms with Crippen LogP contribution in [0.1, 0.15) is 16.7 Å². The summed E-state index contributed by atoms with van der Waals surface area (Å²) >= 11 is 11.8. The van der Waals surface area contributed by atoms with Crippen LogP contribution in [0.3, 0.4) is 0 Å². The fourth-order valence-electron chi connectivity index (χ4n) is 3.55. The molecular formula is C18H10Cl2F3N3O3. The Bertz CT molecular complexity index is 1090. The van der Waals surface area contributed by atoms with Crippen LogP contribution in [0.5, 0.6) is 0 Å². The van der Waals surface area contributed by atoms with Crippen LogP contribution in [0.25, 0.3) is 0 Å². The summed E-state index contributed by atoms with van der Waals surface area (Å²) in [5, 5.41) is 4.51. The molecule has 2 aromatic rings. The number of amides is 4. The second kappa shape index (κ2) is 6.36. The zero-order valence-corrected chi connectivity index (χ0v) is 15.7. The number of carbonyl (C=O) groups excluding carboxylic acids is 3. The van der Waals surface area contributed by atoms with E-state index in [0.717, 1.165) is 17.0 Å². The van der Waals surface area contributed by atoms with Crippen LogP contribution < -0.4 is 15.5 Å². The number of para-hydroxylation sites is 1. The lowest BCUT2D eigenvalue weighted by atomic mass is 9.90. The number of carbonyl (C=O) groups is 3. The number of nitrogens with zero attached hydrogens (tertiary/aromatic N) is 1. The summed E-state index contributed by atoms with van der Waals surface area (Å²) in [6, 6.07) is 6.47. The maximum Gasteiger partial charge on any atom is 0.418 e. The predicted molar refractivity (Wildman–Crippen MR) is 97.4 cm³/mol. The van der Waals surface area contributed by atoms with Gasteiger partial charge in [0, 0.05) is 5.56 Å². The Morgan fingerprint density at radius 2 is 1.76 bits per heavy atom. The van der Waals surface area contributed by atoms with Crippen molar-refractivity contribution >= 4 is 46.7 Å². The molecule has 2 aliphatic rings. The molecule has 0 saturated carbocycles. The summed E-state index contributed by atoms with van der Waals surface area (Å²) in [7, 11) is 0. The molecule has 11 heteroatoms. The van der Waals surface area contributed by atoms with Crippen LogP contribution in [-0.2, 0) is 27.8 Å². The van der Waals surface area contributed by atoms with E-state index in [4.69, 9.17) is 23.2 Å². The molecule has 0 bridgehead atoms. The van der Waals surface area contributed by atoms with Gasteiger partial charge in [0.1, 0.15) is 0 Å². The highest BCUT2D eigenvalue weighted by Gasteiger charge is 2.62. The minimum absolute atomic E-state index is 0.154. The molecule has 1 spiro atoms. The Morgan fingerprint density at radius 1 is 1.03 bits per heavy atom. The number of hydrogen-bond donors (Lipinski definition) is 2. The van der Waals surface area contributed by atoms with Crippen LogP contribution in [0.4, 0.5) is 23.7 Å². The van der Waals surface area contributed by atoms with Gasteiger partial charge in [-0.1, -0.05) is 41.4 Å². The third-order valence-electron chi connectivity index (χ3n) is 4.77. The molecule has 4 amide bonds. The van der Waals surface area contributed by atoms with E-state index in [1.54, 1.807) is 0 Å². The number of fused-ring (bicyclic) bond motifs is 2. The van der Waals surface area contributed by atoms with Crippen molar-refractivity contribution < 1.29 is 27.6 Å². The molecule has 2 N–H and O–H groups in total. The first-order valence-corrected chi connectivity index (χ1v) is 8.91. The molecule has 1 atom stereocenters. The molecular weight excluding hydrogens is 434 g/mol. The van der Waals surface area contributed by atoms with Gasteiger partial charge in [0.25, 0.3) is 11.8 Å². The summed E-state index contributed by atoms with van der Waals surface area (Å²) in [5.74, 6) is -2.04. The molecule has 6 nitrogen and oxygen atoms in total. The van der Waals surface area contributed by atoms with Crippen LogP contribution in [0.15, 0.2) is 36.4 Å². The Hall–Kier alpha value is -2.78. The lowest BCUT2D eigenvalue weighted by Gasteiger charge is -2.22. The Balaban J connectivity index is 1.92. The van der Waals surface area contributed by atoms with Gasteiger partial charge in [-0.05, 0) is 23.8 Å². The highest BCUT2D eigenvalue weighted by atomic mass is 35.5. The van der Waals surface area contributed by atoms with Gasteiger partial charge < -0.3 is 10.2 Å². The number of rotatable bonds is 2. The van der Waals surface area contributed by atoms with E-state index in [0.29, 0.717) is 5.56 Å². The topological polar surface area (TPSA) is 78.5 Å². The summed E-state index contributed by atoms with van der Waals surface area (Å²) in [4.78, 5) is 38.2. The Kier molecular flexibility index (Phi) is 4.29.